The Kier molecular flexibility index (Phi) is 5.85. The first-order chi connectivity index (χ1) is 12.3. The summed E-state index contributed by atoms with van der Waals surface area (Å²) in [6, 6.07) is 9.82. The van der Waals surface area contributed by atoms with Gasteiger partial charge < -0.3 is 9.64 Å². The van der Waals surface area contributed by atoms with Crippen molar-refractivity contribution in [3.8, 4) is 0 Å². The number of Topliss-reactive ketones (excluding diaryl/α,β-unsaturated/α-hetero) is 1. The Labute approximate surface area is 158 Å². The number of carbonyl (C=O) groups is 1. The standard InChI is InChI=1S/C22H34N2O2/c1-18(2)16-23-11-13-24(14-12-23)22(10-15-26-21(3,4)17-22)20(25)19-8-6-5-7-9-19/h5-9,18H,10-17H2,1-4H3. The molecule has 26 heavy (non-hydrogen) atoms. The maximum Gasteiger partial charge on any atom is 0.183 e. The Balaban J connectivity index is 1.84. The second-order valence-corrected chi connectivity index (χ2v) is 8.94. The van der Waals surface area contributed by atoms with E-state index in [1.165, 1.54) is 0 Å². The van der Waals surface area contributed by atoms with Gasteiger partial charge in [-0.05, 0) is 26.2 Å². The highest BCUT2D eigenvalue weighted by atomic mass is 16.5. The average molecular weight is 359 g/mol. The molecule has 0 N–H and O–H groups in total. The number of hydrogen-bond acceptors (Lipinski definition) is 4. The van der Waals surface area contributed by atoms with E-state index in [-0.39, 0.29) is 11.4 Å². The fraction of sp³-hybridized carbons (Fsp3) is 0.682. The SMILES string of the molecule is CC(C)CN1CCN(C2(C(=O)c3ccccc3)CCOC(C)(C)C2)CC1. The van der Waals surface area contributed by atoms with Crippen molar-refractivity contribution in [2.24, 2.45) is 5.92 Å². The van der Waals surface area contributed by atoms with Gasteiger partial charge in [0.1, 0.15) is 0 Å². The second-order valence-electron chi connectivity index (χ2n) is 8.94. The van der Waals surface area contributed by atoms with E-state index >= 15 is 0 Å². The predicted octanol–water partition coefficient (Wildman–Crippen LogP) is 3.47. The summed E-state index contributed by atoms with van der Waals surface area (Å²) in [5.41, 5.74) is 0.125. The number of nitrogens with zero attached hydrogens (tertiary/aromatic N) is 2. The molecule has 4 heteroatoms. The molecule has 1 aromatic carbocycles. The van der Waals surface area contributed by atoms with Crippen molar-refractivity contribution in [1.82, 2.24) is 9.80 Å². The lowest BCUT2D eigenvalue weighted by Gasteiger charge is -2.52. The lowest BCUT2D eigenvalue weighted by Crippen LogP contribution is -2.65. The molecule has 1 unspecified atom stereocenters. The zero-order valence-electron chi connectivity index (χ0n) is 16.8. The molecule has 0 saturated carbocycles. The van der Waals surface area contributed by atoms with Crippen molar-refractivity contribution in [1.29, 1.82) is 0 Å². The molecule has 2 saturated heterocycles. The molecule has 3 rings (SSSR count). The van der Waals surface area contributed by atoms with Crippen LogP contribution in [0.3, 0.4) is 0 Å². The molecular formula is C22H34N2O2. The molecule has 0 spiro atoms. The van der Waals surface area contributed by atoms with Crippen LogP contribution >= 0.6 is 0 Å². The van der Waals surface area contributed by atoms with Crippen molar-refractivity contribution in [3.63, 3.8) is 0 Å². The van der Waals surface area contributed by atoms with Crippen LogP contribution in [0.25, 0.3) is 0 Å². The lowest BCUT2D eigenvalue weighted by molar-refractivity contribution is -0.113. The van der Waals surface area contributed by atoms with Crippen LogP contribution in [0.15, 0.2) is 30.3 Å². The van der Waals surface area contributed by atoms with Gasteiger partial charge in [-0.25, -0.2) is 0 Å². The second kappa shape index (κ2) is 7.79. The van der Waals surface area contributed by atoms with Crippen LogP contribution in [0.5, 0.6) is 0 Å². The van der Waals surface area contributed by atoms with Crippen molar-refractivity contribution < 1.29 is 9.53 Å². The summed E-state index contributed by atoms with van der Waals surface area (Å²) < 4.78 is 5.98. The number of hydrogen-bond donors (Lipinski definition) is 0. The van der Waals surface area contributed by atoms with E-state index in [1.54, 1.807) is 0 Å². The molecule has 0 bridgehead atoms. The molecule has 0 radical (unpaired) electrons. The zero-order chi connectivity index (χ0) is 18.8. The van der Waals surface area contributed by atoms with Gasteiger partial charge in [-0.15, -0.1) is 0 Å². The van der Waals surface area contributed by atoms with Crippen molar-refractivity contribution in [2.45, 2.75) is 51.7 Å². The maximum atomic E-state index is 13.7. The Morgan fingerprint density at radius 2 is 1.77 bits per heavy atom. The highest BCUT2D eigenvalue weighted by Crippen LogP contribution is 2.39. The average Bonchev–Trinajstić information content (AvgIpc) is 2.61. The molecule has 0 amide bonds. The van der Waals surface area contributed by atoms with Gasteiger partial charge in [0.2, 0.25) is 0 Å². The van der Waals surface area contributed by atoms with Gasteiger partial charge in [0.15, 0.2) is 5.78 Å². The molecule has 0 aliphatic carbocycles. The molecule has 144 valence electrons. The van der Waals surface area contributed by atoms with Crippen molar-refractivity contribution in [3.05, 3.63) is 35.9 Å². The molecule has 1 aromatic rings. The van der Waals surface area contributed by atoms with Gasteiger partial charge in [-0.2, -0.15) is 0 Å². The van der Waals surface area contributed by atoms with Crippen LogP contribution in [0.1, 0.15) is 50.9 Å². The van der Waals surface area contributed by atoms with E-state index < -0.39 is 5.54 Å². The minimum absolute atomic E-state index is 0.266. The molecule has 1 atom stereocenters. The highest BCUT2D eigenvalue weighted by molar-refractivity contribution is 6.03. The number of benzene rings is 1. The molecule has 0 aromatic heterocycles. The Morgan fingerprint density at radius 3 is 2.35 bits per heavy atom. The summed E-state index contributed by atoms with van der Waals surface area (Å²) in [7, 11) is 0. The van der Waals surface area contributed by atoms with Gasteiger partial charge in [0.25, 0.3) is 0 Å². The van der Waals surface area contributed by atoms with E-state index in [0.29, 0.717) is 12.5 Å². The smallest absolute Gasteiger partial charge is 0.183 e. The first-order valence-electron chi connectivity index (χ1n) is 10.0. The molecule has 2 heterocycles. The number of carbonyl (C=O) groups excluding carboxylic acids is 1. The fourth-order valence-electron chi connectivity index (χ4n) is 4.68. The third-order valence-electron chi connectivity index (χ3n) is 5.79. The van der Waals surface area contributed by atoms with E-state index in [2.05, 4.69) is 37.5 Å². The molecule has 2 aliphatic heterocycles. The first-order valence-corrected chi connectivity index (χ1v) is 10.0. The van der Waals surface area contributed by atoms with Crippen LogP contribution in [-0.2, 0) is 4.74 Å². The summed E-state index contributed by atoms with van der Waals surface area (Å²) in [6.45, 7) is 14.6. The molecule has 4 nitrogen and oxygen atoms in total. The topological polar surface area (TPSA) is 32.8 Å². The molecule has 2 aliphatic rings. The normalized spacial score (nSPS) is 27.6. The first kappa shape index (κ1) is 19.5. The lowest BCUT2D eigenvalue weighted by atomic mass is 9.74. The van der Waals surface area contributed by atoms with Crippen LogP contribution in [-0.4, -0.2) is 66.1 Å². The van der Waals surface area contributed by atoms with Crippen LogP contribution < -0.4 is 0 Å². The Hall–Kier alpha value is -1.23. The Bertz CT molecular complexity index is 606. The van der Waals surface area contributed by atoms with Crippen molar-refractivity contribution in [2.75, 3.05) is 39.3 Å². The minimum atomic E-state index is -0.437. The highest BCUT2D eigenvalue weighted by Gasteiger charge is 2.50. The largest absolute Gasteiger partial charge is 0.375 e. The molecular weight excluding hydrogens is 324 g/mol. The van der Waals surface area contributed by atoms with E-state index in [1.807, 2.05) is 30.3 Å². The van der Waals surface area contributed by atoms with Crippen LogP contribution in [0.2, 0.25) is 0 Å². The van der Waals surface area contributed by atoms with E-state index in [0.717, 1.165) is 51.1 Å². The monoisotopic (exact) mass is 358 g/mol. The summed E-state index contributed by atoms with van der Waals surface area (Å²) >= 11 is 0. The van der Waals surface area contributed by atoms with Crippen LogP contribution in [0.4, 0.5) is 0 Å². The number of ketones is 1. The van der Waals surface area contributed by atoms with E-state index in [9.17, 15) is 4.79 Å². The summed E-state index contributed by atoms with van der Waals surface area (Å²) in [4.78, 5) is 18.7. The van der Waals surface area contributed by atoms with Gasteiger partial charge in [-0.3, -0.25) is 9.69 Å². The molecule has 2 fully saturated rings. The quantitative estimate of drug-likeness (QED) is 0.755. The third kappa shape index (κ3) is 4.19. The summed E-state index contributed by atoms with van der Waals surface area (Å²) in [6.07, 6.45) is 1.55. The minimum Gasteiger partial charge on any atom is -0.375 e. The van der Waals surface area contributed by atoms with E-state index in [4.69, 9.17) is 4.74 Å². The van der Waals surface area contributed by atoms with Gasteiger partial charge >= 0.3 is 0 Å². The maximum absolute atomic E-state index is 13.7. The number of rotatable bonds is 5. The third-order valence-corrected chi connectivity index (χ3v) is 5.79. The zero-order valence-corrected chi connectivity index (χ0v) is 16.8. The van der Waals surface area contributed by atoms with Crippen LogP contribution in [0, 0.1) is 5.92 Å². The summed E-state index contributed by atoms with van der Waals surface area (Å²) in [5, 5.41) is 0. The number of ether oxygens (including phenoxy) is 1. The van der Waals surface area contributed by atoms with Gasteiger partial charge in [-0.1, -0.05) is 44.2 Å². The number of piperazine rings is 1. The van der Waals surface area contributed by atoms with Crippen molar-refractivity contribution >= 4 is 5.78 Å². The van der Waals surface area contributed by atoms with Gasteiger partial charge in [0.05, 0.1) is 11.1 Å². The van der Waals surface area contributed by atoms with Gasteiger partial charge in [0, 0.05) is 51.3 Å². The fourth-order valence-corrected chi connectivity index (χ4v) is 4.68. The Morgan fingerprint density at radius 1 is 1.12 bits per heavy atom. The predicted molar refractivity (Wildman–Crippen MR) is 106 cm³/mol. The summed E-state index contributed by atoms with van der Waals surface area (Å²) in [5.74, 6) is 0.954.